The number of likely N-dealkylation sites (tertiary alicyclic amines) is 1. The number of hydrogen-bond acceptors (Lipinski definition) is 4. The Balaban J connectivity index is 1.42. The summed E-state index contributed by atoms with van der Waals surface area (Å²) in [5, 5.41) is 2.78. The van der Waals surface area contributed by atoms with Crippen molar-refractivity contribution in [2.24, 2.45) is 0 Å². The first kappa shape index (κ1) is 25.4. The predicted octanol–water partition coefficient (Wildman–Crippen LogP) is 4.79. The third-order valence-corrected chi connectivity index (χ3v) is 6.99. The summed E-state index contributed by atoms with van der Waals surface area (Å²) in [4.78, 5) is 36.4. The number of benzene rings is 1. The summed E-state index contributed by atoms with van der Waals surface area (Å²) in [5.41, 5.74) is 2.23. The van der Waals surface area contributed by atoms with Crippen molar-refractivity contribution in [3.63, 3.8) is 0 Å². The molecule has 0 unspecified atom stereocenters. The van der Waals surface area contributed by atoms with Crippen molar-refractivity contribution in [3.8, 4) is 0 Å². The number of imidazole rings is 1. The molecule has 10 heteroatoms. The van der Waals surface area contributed by atoms with Crippen LogP contribution in [0.2, 0.25) is 0 Å². The number of piperidine rings is 1. The molecule has 2 atom stereocenters. The van der Waals surface area contributed by atoms with Crippen molar-refractivity contribution in [2.75, 3.05) is 13.1 Å². The standard InChI is InChI=1S/C28H26F3N5O2/c1-17-13-20(15-36-18(2)14-33-25(17)36)27(38)35-12-10-23(21(16-35)19-7-4-3-5-8-19)34-26(37)24-22(28(29,30)31)9-6-11-32-24/h3-9,11,13-15,21,23H,10,12,16H2,1-2H3,(H,34,37)/t21-,23-/m1/s1. The Morgan fingerprint density at radius 1 is 1.05 bits per heavy atom. The highest BCUT2D eigenvalue weighted by Gasteiger charge is 2.38. The number of pyridine rings is 2. The first-order valence-corrected chi connectivity index (χ1v) is 12.2. The highest BCUT2D eigenvalue weighted by molar-refractivity contribution is 5.95. The monoisotopic (exact) mass is 521 g/mol. The lowest BCUT2D eigenvalue weighted by molar-refractivity contribution is -0.138. The number of alkyl halides is 3. The molecule has 196 valence electrons. The molecular weight excluding hydrogens is 495 g/mol. The number of aromatic nitrogens is 3. The van der Waals surface area contributed by atoms with Gasteiger partial charge in [-0.25, -0.2) is 4.98 Å². The van der Waals surface area contributed by atoms with Gasteiger partial charge in [0.25, 0.3) is 11.8 Å². The SMILES string of the molecule is Cc1cc(C(=O)N2CC[C@@H](NC(=O)c3ncccc3C(F)(F)F)[C@@H](c3ccccc3)C2)cn2c(C)cnc12. The minimum Gasteiger partial charge on any atom is -0.347 e. The van der Waals surface area contributed by atoms with E-state index in [0.717, 1.165) is 34.6 Å². The molecule has 3 aromatic heterocycles. The van der Waals surface area contributed by atoms with E-state index >= 15 is 0 Å². The Morgan fingerprint density at radius 2 is 1.82 bits per heavy atom. The Kier molecular flexibility index (Phi) is 6.64. The van der Waals surface area contributed by atoms with Gasteiger partial charge in [0.1, 0.15) is 11.3 Å². The molecule has 5 rings (SSSR count). The van der Waals surface area contributed by atoms with Crippen molar-refractivity contribution in [1.82, 2.24) is 24.6 Å². The topological polar surface area (TPSA) is 79.6 Å². The van der Waals surface area contributed by atoms with Crippen LogP contribution in [0.15, 0.2) is 67.1 Å². The molecule has 1 aliphatic heterocycles. The van der Waals surface area contributed by atoms with Gasteiger partial charge in [-0.15, -0.1) is 0 Å². The van der Waals surface area contributed by atoms with E-state index in [-0.39, 0.29) is 11.8 Å². The summed E-state index contributed by atoms with van der Waals surface area (Å²) in [6, 6.07) is 12.7. The maximum atomic E-state index is 13.6. The summed E-state index contributed by atoms with van der Waals surface area (Å²) < 4.78 is 42.4. The first-order valence-electron chi connectivity index (χ1n) is 12.2. The molecule has 1 saturated heterocycles. The molecule has 2 amide bonds. The van der Waals surface area contributed by atoms with E-state index in [0.29, 0.717) is 25.1 Å². The average Bonchev–Trinajstić information content (AvgIpc) is 3.29. The second-order valence-electron chi connectivity index (χ2n) is 9.54. The van der Waals surface area contributed by atoms with Gasteiger partial charge in [0, 0.05) is 49.3 Å². The Morgan fingerprint density at radius 3 is 2.55 bits per heavy atom. The zero-order valence-corrected chi connectivity index (χ0v) is 20.9. The minimum atomic E-state index is -4.71. The van der Waals surface area contributed by atoms with Crippen molar-refractivity contribution in [1.29, 1.82) is 0 Å². The van der Waals surface area contributed by atoms with Crippen LogP contribution in [0.5, 0.6) is 0 Å². The molecule has 4 heterocycles. The van der Waals surface area contributed by atoms with Gasteiger partial charge in [0.05, 0.1) is 11.1 Å². The number of carbonyl (C=O) groups is 2. The van der Waals surface area contributed by atoms with Gasteiger partial charge in [-0.3, -0.25) is 14.6 Å². The maximum Gasteiger partial charge on any atom is 0.418 e. The van der Waals surface area contributed by atoms with Crippen LogP contribution >= 0.6 is 0 Å². The van der Waals surface area contributed by atoms with Crippen molar-refractivity contribution < 1.29 is 22.8 Å². The minimum absolute atomic E-state index is 0.155. The number of halogens is 3. The predicted molar refractivity (Wildman–Crippen MR) is 135 cm³/mol. The van der Waals surface area contributed by atoms with E-state index in [4.69, 9.17) is 0 Å². The quantitative estimate of drug-likeness (QED) is 0.419. The summed E-state index contributed by atoms with van der Waals surface area (Å²) in [7, 11) is 0. The van der Waals surface area contributed by atoms with Crippen LogP contribution in [0.1, 0.15) is 55.6 Å². The normalized spacial score (nSPS) is 18.0. The zero-order chi connectivity index (χ0) is 27.0. The van der Waals surface area contributed by atoms with Crippen LogP contribution in [-0.4, -0.2) is 50.2 Å². The molecule has 38 heavy (non-hydrogen) atoms. The smallest absolute Gasteiger partial charge is 0.347 e. The second-order valence-corrected chi connectivity index (χ2v) is 9.54. The molecule has 4 aromatic rings. The van der Waals surface area contributed by atoms with Gasteiger partial charge >= 0.3 is 6.18 Å². The van der Waals surface area contributed by atoms with Gasteiger partial charge in [0.2, 0.25) is 0 Å². The van der Waals surface area contributed by atoms with Crippen LogP contribution < -0.4 is 5.32 Å². The summed E-state index contributed by atoms with van der Waals surface area (Å²) >= 11 is 0. The Hall–Kier alpha value is -4.21. The molecule has 0 aliphatic carbocycles. The highest BCUT2D eigenvalue weighted by atomic mass is 19.4. The van der Waals surface area contributed by atoms with Crippen molar-refractivity contribution in [2.45, 2.75) is 38.4 Å². The first-order chi connectivity index (χ1) is 18.1. The van der Waals surface area contributed by atoms with Gasteiger partial charge in [0.15, 0.2) is 0 Å². The molecule has 1 aromatic carbocycles. The third-order valence-electron chi connectivity index (χ3n) is 6.99. The number of amides is 2. The Labute approximate surface area is 217 Å². The molecule has 0 bridgehead atoms. The van der Waals surface area contributed by atoms with Crippen molar-refractivity contribution >= 4 is 17.5 Å². The van der Waals surface area contributed by atoms with E-state index in [1.807, 2.05) is 54.6 Å². The number of aryl methyl sites for hydroxylation is 2. The lowest BCUT2D eigenvalue weighted by Crippen LogP contribution is -2.51. The molecule has 0 radical (unpaired) electrons. The van der Waals surface area contributed by atoms with Crippen LogP contribution in [-0.2, 0) is 6.18 Å². The lowest BCUT2D eigenvalue weighted by atomic mass is 9.85. The van der Waals surface area contributed by atoms with Crippen molar-refractivity contribution in [3.05, 3.63) is 101 Å². The number of fused-ring (bicyclic) bond motifs is 1. The third kappa shape index (κ3) is 4.85. The number of rotatable bonds is 4. The molecular formula is C28H26F3N5O2. The number of nitrogens with zero attached hydrogens (tertiary/aromatic N) is 4. The molecule has 1 fully saturated rings. The zero-order valence-electron chi connectivity index (χ0n) is 20.9. The largest absolute Gasteiger partial charge is 0.418 e. The summed E-state index contributed by atoms with van der Waals surface area (Å²) in [6.45, 7) is 4.45. The summed E-state index contributed by atoms with van der Waals surface area (Å²) in [6.07, 6.45) is 0.361. The van der Waals surface area contributed by atoms with Crippen LogP contribution in [0, 0.1) is 13.8 Å². The van der Waals surface area contributed by atoms with E-state index in [1.54, 1.807) is 17.3 Å². The molecule has 0 saturated carbocycles. The maximum absolute atomic E-state index is 13.6. The van der Waals surface area contributed by atoms with Gasteiger partial charge in [-0.05, 0) is 49.6 Å². The second kappa shape index (κ2) is 9.92. The number of hydrogen-bond donors (Lipinski definition) is 1. The number of nitrogens with one attached hydrogen (secondary N) is 1. The van der Waals surface area contributed by atoms with E-state index in [1.165, 1.54) is 6.20 Å². The molecule has 7 nitrogen and oxygen atoms in total. The Bertz CT molecular complexity index is 1500. The van der Waals surface area contributed by atoms with Crippen LogP contribution in [0.3, 0.4) is 0 Å². The average molecular weight is 522 g/mol. The van der Waals surface area contributed by atoms with Crippen LogP contribution in [0.25, 0.3) is 5.65 Å². The fourth-order valence-corrected chi connectivity index (χ4v) is 5.07. The van der Waals surface area contributed by atoms with Gasteiger partial charge in [-0.2, -0.15) is 13.2 Å². The lowest BCUT2D eigenvalue weighted by Gasteiger charge is -2.39. The molecule has 1 N–H and O–H groups in total. The highest BCUT2D eigenvalue weighted by Crippen LogP contribution is 2.32. The fourth-order valence-electron chi connectivity index (χ4n) is 5.07. The van der Waals surface area contributed by atoms with E-state index in [2.05, 4.69) is 15.3 Å². The number of carbonyl (C=O) groups excluding carboxylic acids is 2. The summed E-state index contributed by atoms with van der Waals surface area (Å²) in [5.74, 6) is -1.37. The van der Waals surface area contributed by atoms with E-state index < -0.39 is 29.4 Å². The fraction of sp³-hybridized carbons (Fsp3) is 0.286. The van der Waals surface area contributed by atoms with E-state index in [9.17, 15) is 22.8 Å². The molecule has 0 spiro atoms. The van der Waals surface area contributed by atoms with Gasteiger partial charge in [-0.1, -0.05) is 30.3 Å². The van der Waals surface area contributed by atoms with Crippen LogP contribution in [0.4, 0.5) is 13.2 Å². The van der Waals surface area contributed by atoms with Gasteiger partial charge < -0.3 is 14.6 Å². The molecule has 1 aliphatic rings.